The second-order valence-corrected chi connectivity index (χ2v) is 9.21. The summed E-state index contributed by atoms with van der Waals surface area (Å²) in [6, 6.07) is 0. The number of hydrogen-bond acceptors (Lipinski definition) is 3. The number of fused-ring (bicyclic) bond motifs is 3. The summed E-state index contributed by atoms with van der Waals surface area (Å²) in [5.41, 5.74) is 2.87. The molecule has 3 aliphatic carbocycles. The third-order valence-corrected chi connectivity index (χ3v) is 7.07. The summed E-state index contributed by atoms with van der Waals surface area (Å²) < 4.78 is 0. The number of aliphatic hydroxyl groups is 1. The van der Waals surface area contributed by atoms with Crippen LogP contribution in [0, 0.1) is 28.1 Å². The number of rotatable bonds is 1. The molecule has 0 saturated heterocycles. The van der Waals surface area contributed by atoms with Crippen molar-refractivity contribution >= 4 is 6.15 Å². The normalized spacial score (nSPS) is 41.3. The first-order valence-electron chi connectivity index (χ1n) is 9.03. The molecule has 130 valence electrons. The van der Waals surface area contributed by atoms with Crippen molar-refractivity contribution in [2.45, 2.75) is 72.6 Å². The highest BCUT2D eigenvalue weighted by molar-refractivity contribution is 5.27. The van der Waals surface area contributed by atoms with E-state index in [4.69, 9.17) is 9.59 Å². The lowest BCUT2D eigenvalue weighted by Crippen LogP contribution is -2.49. The van der Waals surface area contributed by atoms with Gasteiger partial charge in [-0.25, -0.2) is 0 Å². The smallest absolute Gasteiger partial charge is 0.373 e. The van der Waals surface area contributed by atoms with E-state index in [-0.39, 0.29) is 11.6 Å². The third kappa shape index (κ3) is 3.32. The summed E-state index contributed by atoms with van der Waals surface area (Å²) in [7, 11) is 0. The lowest BCUT2D eigenvalue weighted by atomic mass is 9.46. The van der Waals surface area contributed by atoms with E-state index in [0.29, 0.717) is 17.4 Å². The van der Waals surface area contributed by atoms with Crippen LogP contribution in [-0.4, -0.2) is 17.9 Å². The summed E-state index contributed by atoms with van der Waals surface area (Å²) >= 11 is 0. The van der Waals surface area contributed by atoms with E-state index in [2.05, 4.69) is 33.8 Å². The quantitative estimate of drug-likeness (QED) is 0.730. The van der Waals surface area contributed by atoms with Crippen LogP contribution >= 0.6 is 0 Å². The molecule has 0 aliphatic heterocycles. The average Bonchev–Trinajstić information content (AvgIpc) is 2.47. The zero-order valence-electron chi connectivity index (χ0n) is 15.2. The zero-order valence-corrected chi connectivity index (χ0v) is 15.2. The maximum atomic E-state index is 9.69. The molecule has 0 heterocycles. The topological polar surface area (TPSA) is 54.4 Å². The third-order valence-electron chi connectivity index (χ3n) is 7.07. The second-order valence-electron chi connectivity index (χ2n) is 9.21. The van der Waals surface area contributed by atoms with Crippen LogP contribution in [0.15, 0.2) is 11.6 Å². The molecule has 0 aromatic rings. The summed E-state index contributed by atoms with van der Waals surface area (Å²) in [6.07, 6.45) is 12.0. The molecule has 3 aliphatic rings. The molecule has 1 N–H and O–H groups in total. The van der Waals surface area contributed by atoms with E-state index in [1.165, 1.54) is 38.5 Å². The van der Waals surface area contributed by atoms with Crippen molar-refractivity contribution in [3.8, 4) is 0 Å². The first-order chi connectivity index (χ1) is 10.7. The van der Waals surface area contributed by atoms with E-state index in [1.54, 1.807) is 5.57 Å². The van der Waals surface area contributed by atoms with Gasteiger partial charge in [-0.1, -0.05) is 45.8 Å². The highest BCUT2D eigenvalue weighted by Crippen LogP contribution is 2.63. The van der Waals surface area contributed by atoms with Crippen LogP contribution < -0.4 is 0 Å². The molecule has 23 heavy (non-hydrogen) atoms. The summed E-state index contributed by atoms with van der Waals surface area (Å²) in [6.45, 7) is 10.2. The Balaban J connectivity index is 0.000000595. The monoisotopic (exact) mass is 320 g/mol. The Hall–Kier alpha value is -0.920. The summed E-state index contributed by atoms with van der Waals surface area (Å²) in [5.74, 6) is 1.61. The highest BCUT2D eigenvalue weighted by Gasteiger charge is 2.53. The predicted octanol–water partition coefficient (Wildman–Crippen LogP) is 4.36. The van der Waals surface area contributed by atoms with Crippen molar-refractivity contribution in [1.82, 2.24) is 0 Å². The van der Waals surface area contributed by atoms with E-state index < -0.39 is 0 Å². The first kappa shape index (κ1) is 18.4. The van der Waals surface area contributed by atoms with Crippen LogP contribution in [0.3, 0.4) is 0 Å². The maximum Gasteiger partial charge on any atom is 0.373 e. The molecule has 3 nitrogen and oxygen atoms in total. The van der Waals surface area contributed by atoms with E-state index in [1.807, 2.05) is 0 Å². The van der Waals surface area contributed by atoms with Gasteiger partial charge >= 0.3 is 6.15 Å². The van der Waals surface area contributed by atoms with Crippen molar-refractivity contribution in [1.29, 1.82) is 0 Å². The molecule has 1 unspecified atom stereocenters. The second kappa shape index (κ2) is 6.53. The van der Waals surface area contributed by atoms with Crippen molar-refractivity contribution in [3.63, 3.8) is 0 Å². The molecular weight excluding hydrogens is 288 g/mol. The van der Waals surface area contributed by atoms with Gasteiger partial charge in [0.1, 0.15) is 0 Å². The van der Waals surface area contributed by atoms with Gasteiger partial charge in [0, 0.05) is 6.61 Å². The van der Waals surface area contributed by atoms with Crippen LogP contribution in [0.4, 0.5) is 0 Å². The Morgan fingerprint density at radius 3 is 2.43 bits per heavy atom. The molecule has 3 rings (SSSR count). The zero-order chi connectivity index (χ0) is 17.3. The molecule has 0 aromatic heterocycles. The minimum Gasteiger partial charge on any atom is -0.396 e. The molecular formula is C20H32O3. The number of aliphatic hydroxyl groups excluding tert-OH is 1. The molecule has 2 fully saturated rings. The van der Waals surface area contributed by atoms with Gasteiger partial charge in [0.15, 0.2) is 0 Å². The van der Waals surface area contributed by atoms with Gasteiger partial charge in [-0.2, -0.15) is 9.59 Å². The van der Waals surface area contributed by atoms with Crippen LogP contribution in [0.1, 0.15) is 72.6 Å². The molecule has 4 atom stereocenters. The van der Waals surface area contributed by atoms with Crippen LogP contribution in [-0.2, 0) is 9.59 Å². The van der Waals surface area contributed by atoms with Crippen LogP contribution in [0.5, 0.6) is 0 Å². The Labute approximate surface area is 140 Å². The van der Waals surface area contributed by atoms with Gasteiger partial charge in [0.05, 0.1) is 0 Å². The van der Waals surface area contributed by atoms with Gasteiger partial charge in [-0.3, -0.25) is 0 Å². The Bertz CT molecular complexity index is 501. The minimum absolute atomic E-state index is 0.140. The number of hydrogen-bond donors (Lipinski definition) is 1. The Morgan fingerprint density at radius 1 is 1.17 bits per heavy atom. The number of allylic oxidation sites excluding steroid dienone is 2. The highest BCUT2D eigenvalue weighted by atomic mass is 16.3. The van der Waals surface area contributed by atoms with Crippen LogP contribution in [0.25, 0.3) is 0 Å². The maximum absolute atomic E-state index is 9.69. The lowest BCUT2D eigenvalue weighted by molar-refractivity contribution is -0.191. The van der Waals surface area contributed by atoms with Crippen molar-refractivity contribution in [2.24, 2.45) is 28.1 Å². The summed E-state index contributed by atoms with van der Waals surface area (Å²) in [4.78, 5) is 16.2. The van der Waals surface area contributed by atoms with E-state index in [9.17, 15) is 5.11 Å². The van der Waals surface area contributed by atoms with Crippen molar-refractivity contribution in [3.05, 3.63) is 11.6 Å². The van der Waals surface area contributed by atoms with Gasteiger partial charge < -0.3 is 5.11 Å². The van der Waals surface area contributed by atoms with E-state index >= 15 is 0 Å². The van der Waals surface area contributed by atoms with Gasteiger partial charge in [-0.15, -0.1) is 0 Å². The Morgan fingerprint density at radius 2 is 1.83 bits per heavy atom. The predicted molar refractivity (Wildman–Crippen MR) is 89.5 cm³/mol. The SMILES string of the molecule is CC1(C)CCC[C@@]2(C)C3=CC[C@](C)(CO)CC3CC[C@H]12.O=C=O. The molecule has 0 spiro atoms. The Kier molecular flexibility index (Phi) is 5.23. The lowest BCUT2D eigenvalue weighted by Gasteiger charge is -2.58. The van der Waals surface area contributed by atoms with Gasteiger partial charge in [0.2, 0.25) is 0 Å². The fourth-order valence-electron chi connectivity index (χ4n) is 5.94. The van der Waals surface area contributed by atoms with Crippen molar-refractivity contribution < 1.29 is 14.7 Å². The van der Waals surface area contributed by atoms with Crippen molar-refractivity contribution in [2.75, 3.05) is 6.61 Å². The molecule has 0 amide bonds. The molecule has 0 aromatic carbocycles. The van der Waals surface area contributed by atoms with E-state index in [0.717, 1.165) is 18.3 Å². The molecule has 3 heteroatoms. The standard InChI is InChI=1S/C19H32O.CO2/c1-17(2)9-5-10-19(4)15-8-11-18(3,13-20)12-14(15)6-7-16(17)19;2-1-3/h8,14,16,20H,5-7,9-13H2,1-4H3;/t14?,16-,18+,19+;/m1./s1. The molecule has 0 bridgehead atoms. The van der Waals surface area contributed by atoms with Crippen LogP contribution in [0.2, 0.25) is 0 Å². The largest absolute Gasteiger partial charge is 0.396 e. The average molecular weight is 320 g/mol. The minimum atomic E-state index is 0.140. The fraction of sp³-hybridized carbons (Fsp3) is 0.850. The van der Waals surface area contributed by atoms with Gasteiger partial charge in [-0.05, 0) is 66.6 Å². The summed E-state index contributed by atoms with van der Waals surface area (Å²) in [5, 5.41) is 9.69. The number of carbonyl (C=O) groups excluding carboxylic acids is 2. The first-order valence-corrected chi connectivity index (χ1v) is 9.03. The fourth-order valence-corrected chi connectivity index (χ4v) is 5.94. The van der Waals surface area contributed by atoms with Gasteiger partial charge in [0.25, 0.3) is 0 Å². The molecule has 0 radical (unpaired) electrons. The molecule has 2 saturated carbocycles.